The fourth-order valence-electron chi connectivity index (χ4n) is 7.12. The van der Waals surface area contributed by atoms with E-state index in [-0.39, 0.29) is 41.1 Å². The number of phenols is 1. The zero-order valence-electron chi connectivity index (χ0n) is 26.4. The first-order valence-corrected chi connectivity index (χ1v) is 14.6. The number of aliphatic hydroxyl groups excluding tert-OH is 2. The van der Waals surface area contributed by atoms with Crippen LogP contribution < -0.4 is 16.0 Å². The minimum absolute atomic E-state index is 0. The van der Waals surface area contributed by atoms with E-state index in [1.807, 2.05) is 25.1 Å². The second kappa shape index (κ2) is 12.9. The Balaban J connectivity index is 0.00000480. The number of amides is 1. The highest BCUT2D eigenvalue weighted by atomic mass is 16.5. The number of Topliss-reactive ketones (excluding diaryl/α,β-unsaturated/α-hetero) is 2. The van der Waals surface area contributed by atoms with Crippen LogP contribution in [-0.4, -0.2) is 90.5 Å². The number of anilines is 1. The summed E-state index contributed by atoms with van der Waals surface area (Å²) in [7, 11) is 8.39. The molecule has 1 saturated carbocycles. The number of nitrogens with zero attached hydrogens (tertiary/aromatic N) is 2. The average Bonchev–Trinajstić information content (AvgIpc) is 2.97. The summed E-state index contributed by atoms with van der Waals surface area (Å²) >= 11 is 0. The molecule has 246 valence electrons. The van der Waals surface area contributed by atoms with Crippen LogP contribution in [0, 0.1) is 17.8 Å². The largest absolute Gasteiger partial charge is 0.510 e. The van der Waals surface area contributed by atoms with Crippen LogP contribution in [0.3, 0.4) is 0 Å². The van der Waals surface area contributed by atoms with Gasteiger partial charge in [0.1, 0.15) is 22.8 Å². The number of allylic oxidation sites excluding steroid dienone is 1. The van der Waals surface area contributed by atoms with Crippen molar-refractivity contribution in [2.45, 2.75) is 32.0 Å². The molecule has 0 spiro atoms. The van der Waals surface area contributed by atoms with Gasteiger partial charge in [0.25, 0.3) is 5.91 Å². The van der Waals surface area contributed by atoms with E-state index in [0.717, 1.165) is 11.3 Å². The summed E-state index contributed by atoms with van der Waals surface area (Å²) in [6.45, 7) is 0.641. The number of nitrogens with one attached hydrogen (secondary N) is 1. The molecule has 2 aromatic carbocycles. The smallest absolute Gasteiger partial charge is 0.337 e. The third kappa shape index (κ3) is 5.61. The van der Waals surface area contributed by atoms with Gasteiger partial charge >= 0.3 is 5.97 Å². The van der Waals surface area contributed by atoms with E-state index >= 15 is 0 Å². The molecule has 2 aromatic rings. The van der Waals surface area contributed by atoms with Crippen molar-refractivity contribution in [3.63, 3.8) is 0 Å². The Morgan fingerprint density at radius 3 is 2.24 bits per heavy atom. The standard InChI is InChI=1S/C33H38N4O8.H2O/c1-36(2)21-12-18(14-35-13-15-6-8-16(9-7-15)33(44)45-5)27(38)23-19(21)10-17-11-20-24(29(40)22(17)28(23)39)30(41)25(32(34)43)31(42)26(20)37(3)4;/h6-9,12,17,20,24,26,35,38-39,42H,10-11,13-14H2,1-5H3,(H2,34,43);1H2/t17?,20?,24?,26-;/m0./s1. The molecule has 0 saturated heterocycles. The first kappa shape index (κ1) is 34.2. The highest BCUT2D eigenvalue weighted by molar-refractivity contribution is 6.28. The topological polar surface area (TPSA) is 214 Å². The molecular formula is C33H40N4O9. The molecule has 13 nitrogen and oxygen atoms in total. The normalized spacial score (nSPS) is 22.1. The van der Waals surface area contributed by atoms with Crippen LogP contribution in [0.15, 0.2) is 47.2 Å². The van der Waals surface area contributed by atoms with Crippen molar-refractivity contribution < 1.29 is 44.7 Å². The van der Waals surface area contributed by atoms with Crippen molar-refractivity contribution in [1.82, 2.24) is 10.2 Å². The van der Waals surface area contributed by atoms with Gasteiger partial charge in [0, 0.05) is 44.0 Å². The maximum Gasteiger partial charge on any atom is 0.337 e. The fourth-order valence-corrected chi connectivity index (χ4v) is 7.12. The lowest BCUT2D eigenvalue weighted by molar-refractivity contribution is -0.136. The van der Waals surface area contributed by atoms with E-state index in [1.165, 1.54) is 7.11 Å². The van der Waals surface area contributed by atoms with Gasteiger partial charge in [-0.15, -0.1) is 0 Å². The van der Waals surface area contributed by atoms with E-state index in [1.54, 1.807) is 43.3 Å². The second-order valence-electron chi connectivity index (χ2n) is 12.2. The number of fused-ring (bicyclic) bond motifs is 3. The first-order valence-electron chi connectivity index (χ1n) is 14.6. The van der Waals surface area contributed by atoms with Gasteiger partial charge in [-0.2, -0.15) is 0 Å². The molecule has 5 rings (SSSR count). The number of likely N-dealkylation sites (N-methyl/N-ethyl adjacent to an activating group) is 1. The fraction of sp³-hybridized carbons (Fsp3) is 0.394. The molecule has 0 radical (unpaired) electrons. The lowest BCUT2D eigenvalue weighted by Crippen LogP contribution is -2.55. The van der Waals surface area contributed by atoms with Crippen LogP contribution in [0.1, 0.15) is 39.0 Å². The number of hydrogen-bond acceptors (Lipinski definition) is 11. The Bertz CT molecular complexity index is 1660. The van der Waals surface area contributed by atoms with Crippen LogP contribution in [0.5, 0.6) is 5.75 Å². The number of ether oxygens (including phenoxy) is 1. The van der Waals surface area contributed by atoms with Gasteiger partial charge in [-0.1, -0.05) is 12.1 Å². The molecule has 4 atom stereocenters. The highest BCUT2D eigenvalue weighted by Crippen LogP contribution is 2.52. The van der Waals surface area contributed by atoms with E-state index < -0.39 is 58.6 Å². The average molecular weight is 637 g/mol. The number of rotatable bonds is 8. The molecule has 0 heterocycles. The predicted octanol–water partition coefficient (Wildman–Crippen LogP) is 1.17. The molecule has 1 amide bonds. The van der Waals surface area contributed by atoms with Gasteiger partial charge in [-0.05, 0) is 68.1 Å². The number of esters is 1. The molecule has 1 fully saturated rings. The summed E-state index contributed by atoms with van der Waals surface area (Å²) in [6, 6.07) is 7.96. The first-order chi connectivity index (χ1) is 21.3. The van der Waals surface area contributed by atoms with Crippen molar-refractivity contribution in [3.8, 4) is 5.75 Å². The summed E-state index contributed by atoms with van der Waals surface area (Å²) in [5.74, 6) is -6.49. The van der Waals surface area contributed by atoms with Gasteiger partial charge < -0.3 is 41.5 Å². The predicted molar refractivity (Wildman–Crippen MR) is 169 cm³/mol. The SMILES string of the molecule is COC(=O)c1ccc(CNCc2cc(N(C)C)c3c(c2O)C(O)=C2C(=O)C4C(=O)C(C(N)=O)=C(O)[C@@H](N(C)C)C4CC2C3)cc1.O. The Morgan fingerprint density at radius 2 is 1.67 bits per heavy atom. The van der Waals surface area contributed by atoms with E-state index in [2.05, 4.69) is 5.32 Å². The third-order valence-electron chi connectivity index (χ3n) is 9.12. The Hall–Kier alpha value is -4.72. The molecule has 0 bridgehead atoms. The number of primary amides is 1. The molecule has 0 aliphatic heterocycles. The summed E-state index contributed by atoms with van der Waals surface area (Å²) in [5, 5.41) is 37.3. The van der Waals surface area contributed by atoms with Crippen molar-refractivity contribution in [2.75, 3.05) is 40.2 Å². The number of hydrogen-bond donors (Lipinski definition) is 5. The molecule has 46 heavy (non-hydrogen) atoms. The summed E-state index contributed by atoms with van der Waals surface area (Å²) in [6.07, 6.45) is 0.595. The Kier molecular flexibility index (Phi) is 9.62. The van der Waals surface area contributed by atoms with Crippen molar-refractivity contribution in [1.29, 1.82) is 0 Å². The van der Waals surface area contributed by atoms with Crippen LogP contribution in [-0.2, 0) is 38.6 Å². The van der Waals surface area contributed by atoms with Gasteiger partial charge in [-0.3, -0.25) is 19.3 Å². The number of phenolic OH excluding ortho intramolecular Hbond substituents is 1. The minimum Gasteiger partial charge on any atom is -0.510 e. The lowest BCUT2D eigenvalue weighted by Gasteiger charge is -2.46. The van der Waals surface area contributed by atoms with Crippen LogP contribution in [0.2, 0.25) is 0 Å². The molecule has 3 unspecified atom stereocenters. The number of aromatic hydroxyl groups is 1. The summed E-state index contributed by atoms with van der Waals surface area (Å²) in [5.41, 5.74) is 8.27. The zero-order chi connectivity index (χ0) is 32.9. The number of ketones is 2. The second-order valence-corrected chi connectivity index (χ2v) is 12.2. The number of aliphatic hydroxyl groups is 2. The molecule has 3 aliphatic rings. The van der Waals surface area contributed by atoms with E-state index in [0.29, 0.717) is 29.7 Å². The minimum atomic E-state index is -1.31. The monoisotopic (exact) mass is 636 g/mol. The maximum absolute atomic E-state index is 14.0. The molecular weight excluding hydrogens is 596 g/mol. The number of methoxy groups -OCH3 is 1. The number of benzene rings is 2. The van der Waals surface area contributed by atoms with Gasteiger partial charge in [-0.25, -0.2) is 4.79 Å². The zero-order valence-corrected chi connectivity index (χ0v) is 26.4. The number of carbonyl (C=O) groups is 4. The third-order valence-corrected chi connectivity index (χ3v) is 9.12. The van der Waals surface area contributed by atoms with Crippen LogP contribution >= 0.6 is 0 Å². The van der Waals surface area contributed by atoms with Gasteiger partial charge in [0.15, 0.2) is 11.6 Å². The number of carbonyl (C=O) groups excluding carboxylic acids is 4. The molecule has 13 heteroatoms. The van der Waals surface area contributed by atoms with Gasteiger partial charge in [0.2, 0.25) is 0 Å². The highest BCUT2D eigenvalue weighted by Gasteiger charge is 2.56. The maximum atomic E-state index is 14.0. The summed E-state index contributed by atoms with van der Waals surface area (Å²) in [4.78, 5) is 54.9. The van der Waals surface area contributed by atoms with E-state index in [4.69, 9.17) is 10.5 Å². The van der Waals surface area contributed by atoms with Crippen molar-refractivity contribution in [3.05, 3.63) is 75.1 Å². The van der Waals surface area contributed by atoms with Gasteiger partial charge in [0.05, 0.1) is 30.2 Å². The Labute approximate surface area is 266 Å². The van der Waals surface area contributed by atoms with Crippen molar-refractivity contribution >= 4 is 34.9 Å². The molecule has 3 aliphatic carbocycles. The number of nitrogens with two attached hydrogens (primary N) is 1. The summed E-state index contributed by atoms with van der Waals surface area (Å²) < 4.78 is 4.74. The molecule has 8 N–H and O–H groups in total. The molecule has 0 aromatic heterocycles. The lowest BCUT2D eigenvalue weighted by atomic mass is 9.59. The van der Waals surface area contributed by atoms with Crippen LogP contribution in [0.4, 0.5) is 5.69 Å². The Morgan fingerprint density at radius 1 is 1.02 bits per heavy atom. The van der Waals surface area contributed by atoms with Crippen molar-refractivity contribution in [2.24, 2.45) is 23.5 Å². The quantitative estimate of drug-likeness (QED) is 0.157. The van der Waals surface area contributed by atoms with E-state index in [9.17, 15) is 34.5 Å². The van der Waals surface area contributed by atoms with Crippen LogP contribution in [0.25, 0.3) is 5.76 Å².